The summed E-state index contributed by atoms with van der Waals surface area (Å²) in [6.45, 7) is 4.16. The molecule has 3 rings (SSSR count). The lowest BCUT2D eigenvalue weighted by molar-refractivity contribution is 0.0652. The molecular weight excluding hydrogens is 272 g/mol. The van der Waals surface area contributed by atoms with E-state index in [0.717, 1.165) is 11.3 Å². The van der Waals surface area contributed by atoms with Crippen LogP contribution in [0.5, 0.6) is 5.75 Å². The number of aliphatic hydroxyl groups excluding tert-OH is 1. The van der Waals surface area contributed by atoms with E-state index in [1.165, 1.54) is 16.7 Å². The van der Waals surface area contributed by atoms with Gasteiger partial charge in [-0.05, 0) is 48.7 Å². The number of fused-ring (bicyclic) bond motifs is 1. The maximum atomic E-state index is 10.4. The van der Waals surface area contributed by atoms with Crippen LogP contribution in [-0.2, 0) is 0 Å². The molecule has 0 spiro atoms. The standard InChI is InChI=1S/C17H17ClO2/c1-10-4-3-5-11(2)17(10)16-9-14(19)13-8-12(18)6-7-15(13)20-16/h3-8,14,16,19H,9H2,1-2H3/t14-,16?/m1/s1. The van der Waals surface area contributed by atoms with Crippen molar-refractivity contribution in [3.8, 4) is 5.75 Å². The minimum absolute atomic E-state index is 0.111. The topological polar surface area (TPSA) is 29.5 Å². The van der Waals surface area contributed by atoms with E-state index in [-0.39, 0.29) is 6.10 Å². The van der Waals surface area contributed by atoms with Crippen LogP contribution in [0, 0.1) is 13.8 Å². The van der Waals surface area contributed by atoms with Gasteiger partial charge >= 0.3 is 0 Å². The average molecular weight is 289 g/mol. The van der Waals surface area contributed by atoms with Crippen molar-refractivity contribution in [1.29, 1.82) is 0 Å². The van der Waals surface area contributed by atoms with E-state index in [9.17, 15) is 5.11 Å². The van der Waals surface area contributed by atoms with Gasteiger partial charge < -0.3 is 9.84 Å². The summed E-state index contributed by atoms with van der Waals surface area (Å²) in [5, 5.41) is 11.0. The van der Waals surface area contributed by atoms with Crippen LogP contribution in [-0.4, -0.2) is 5.11 Å². The van der Waals surface area contributed by atoms with Crippen LogP contribution in [0.4, 0.5) is 0 Å². The van der Waals surface area contributed by atoms with Gasteiger partial charge in [-0.2, -0.15) is 0 Å². The molecule has 2 aromatic carbocycles. The molecule has 104 valence electrons. The van der Waals surface area contributed by atoms with Gasteiger partial charge in [0, 0.05) is 17.0 Å². The monoisotopic (exact) mass is 288 g/mol. The molecule has 1 aliphatic rings. The number of hydrogen-bond acceptors (Lipinski definition) is 2. The Morgan fingerprint density at radius 1 is 1.15 bits per heavy atom. The fraction of sp³-hybridized carbons (Fsp3) is 0.294. The molecule has 1 aliphatic heterocycles. The zero-order chi connectivity index (χ0) is 14.3. The molecule has 3 heteroatoms. The molecule has 2 aromatic rings. The maximum Gasteiger partial charge on any atom is 0.127 e. The van der Waals surface area contributed by atoms with Crippen molar-refractivity contribution in [3.05, 3.63) is 63.7 Å². The third kappa shape index (κ3) is 2.30. The molecule has 0 bridgehead atoms. The van der Waals surface area contributed by atoms with Crippen LogP contribution < -0.4 is 4.74 Å². The normalized spacial score (nSPS) is 21.2. The van der Waals surface area contributed by atoms with Gasteiger partial charge in [0.2, 0.25) is 0 Å². The first-order chi connectivity index (χ1) is 9.56. The number of rotatable bonds is 1. The molecular formula is C17H17ClO2. The summed E-state index contributed by atoms with van der Waals surface area (Å²) in [6, 6.07) is 11.6. The highest BCUT2D eigenvalue weighted by atomic mass is 35.5. The molecule has 0 fully saturated rings. The summed E-state index contributed by atoms with van der Waals surface area (Å²) in [5.41, 5.74) is 4.34. The van der Waals surface area contributed by atoms with Gasteiger partial charge in [-0.3, -0.25) is 0 Å². The quantitative estimate of drug-likeness (QED) is 0.836. The molecule has 1 N–H and O–H groups in total. The van der Waals surface area contributed by atoms with E-state index >= 15 is 0 Å². The number of aliphatic hydroxyl groups is 1. The minimum atomic E-state index is -0.540. The lowest BCUT2D eigenvalue weighted by Gasteiger charge is -2.31. The van der Waals surface area contributed by atoms with Gasteiger partial charge in [-0.15, -0.1) is 0 Å². The second kappa shape index (κ2) is 5.12. The zero-order valence-electron chi connectivity index (χ0n) is 11.6. The fourth-order valence-electron chi connectivity index (χ4n) is 2.93. The Labute approximate surface area is 124 Å². The van der Waals surface area contributed by atoms with Crippen LogP contribution >= 0.6 is 11.6 Å². The summed E-state index contributed by atoms with van der Waals surface area (Å²) in [4.78, 5) is 0. The lowest BCUT2D eigenvalue weighted by atomic mass is 9.90. The van der Waals surface area contributed by atoms with Crippen molar-refractivity contribution in [2.24, 2.45) is 0 Å². The van der Waals surface area contributed by atoms with Gasteiger partial charge in [0.05, 0.1) is 6.10 Å². The number of ether oxygens (including phenoxy) is 1. The molecule has 0 saturated heterocycles. The zero-order valence-corrected chi connectivity index (χ0v) is 12.3. The van der Waals surface area contributed by atoms with Gasteiger partial charge in [0.15, 0.2) is 0 Å². The first-order valence-electron chi connectivity index (χ1n) is 6.76. The van der Waals surface area contributed by atoms with Crippen molar-refractivity contribution in [3.63, 3.8) is 0 Å². The second-order valence-electron chi connectivity index (χ2n) is 5.35. The van der Waals surface area contributed by atoms with Crippen LogP contribution in [0.3, 0.4) is 0 Å². The van der Waals surface area contributed by atoms with E-state index in [1.54, 1.807) is 12.1 Å². The Hall–Kier alpha value is -1.51. The molecule has 0 amide bonds. The van der Waals surface area contributed by atoms with Crippen molar-refractivity contribution >= 4 is 11.6 Å². The van der Waals surface area contributed by atoms with Crippen molar-refractivity contribution in [2.45, 2.75) is 32.5 Å². The molecule has 1 unspecified atom stereocenters. The Bertz CT molecular complexity index is 631. The van der Waals surface area contributed by atoms with Crippen LogP contribution in [0.25, 0.3) is 0 Å². The van der Waals surface area contributed by atoms with E-state index in [0.29, 0.717) is 11.4 Å². The summed E-state index contributed by atoms with van der Waals surface area (Å²) in [7, 11) is 0. The molecule has 1 heterocycles. The SMILES string of the molecule is Cc1cccc(C)c1C1C[C@@H](O)c2cc(Cl)ccc2O1. The molecule has 0 aliphatic carbocycles. The van der Waals surface area contributed by atoms with Gasteiger partial charge in [0.1, 0.15) is 11.9 Å². The first kappa shape index (κ1) is 13.5. The number of hydrogen-bond donors (Lipinski definition) is 1. The van der Waals surface area contributed by atoms with Crippen molar-refractivity contribution in [2.75, 3.05) is 0 Å². The van der Waals surface area contributed by atoms with E-state index in [4.69, 9.17) is 16.3 Å². The number of benzene rings is 2. The summed E-state index contributed by atoms with van der Waals surface area (Å²) in [5.74, 6) is 0.723. The molecule has 0 aromatic heterocycles. The highest BCUT2D eigenvalue weighted by Gasteiger charge is 2.29. The molecule has 20 heavy (non-hydrogen) atoms. The average Bonchev–Trinajstić information content (AvgIpc) is 2.39. The lowest BCUT2D eigenvalue weighted by Crippen LogP contribution is -2.20. The van der Waals surface area contributed by atoms with Gasteiger partial charge in [-0.1, -0.05) is 29.8 Å². The maximum absolute atomic E-state index is 10.4. The molecule has 2 atom stereocenters. The third-order valence-electron chi connectivity index (χ3n) is 3.90. The minimum Gasteiger partial charge on any atom is -0.485 e. The molecule has 0 saturated carbocycles. The summed E-state index contributed by atoms with van der Waals surface area (Å²) in [6.07, 6.45) is -0.0969. The predicted octanol–water partition coefficient (Wildman–Crippen LogP) is 4.51. The largest absolute Gasteiger partial charge is 0.485 e. The predicted molar refractivity (Wildman–Crippen MR) is 80.3 cm³/mol. The van der Waals surface area contributed by atoms with Crippen LogP contribution in [0.1, 0.15) is 40.9 Å². The second-order valence-corrected chi connectivity index (χ2v) is 5.78. The highest BCUT2D eigenvalue weighted by molar-refractivity contribution is 6.30. The van der Waals surface area contributed by atoms with Crippen molar-refractivity contribution < 1.29 is 9.84 Å². The summed E-state index contributed by atoms with van der Waals surface area (Å²) >= 11 is 5.98. The van der Waals surface area contributed by atoms with E-state index in [2.05, 4.69) is 26.0 Å². The van der Waals surface area contributed by atoms with E-state index < -0.39 is 6.10 Å². The highest BCUT2D eigenvalue weighted by Crippen LogP contribution is 2.43. The van der Waals surface area contributed by atoms with E-state index in [1.807, 2.05) is 12.1 Å². The first-order valence-corrected chi connectivity index (χ1v) is 7.14. The van der Waals surface area contributed by atoms with Gasteiger partial charge in [-0.25, -0.2) is 0 Å². The number of aryl methyl sites for hydroxylation is 2. The Morgan fingerprint density at radius 2 is 1.85 bits per heavy atom. The third-order valence-corrected chi connectivity index (χ3v) is 4.14. The fourth-order valence-corrected chi connectivity index (χ4v) is 3.11. The number of halogens is 1. The Morgan fingerprint density at radius 3 is 2.55 bits per heavy atom. The van der Waals surface area contributed by atoms with Crippen LogP contribution in [0.2, 0.25) is 5.02 Å². The Kier molecular flexibility index (Phi) is 3.45. The van der Waals surface area contributed by atoms with Gasteiger partial charge in [0.25, 0.3) is 0 Å². The smallest absolute Gasteiger partial charge is 0.127 e. The Balaban J connectivity index is 2.01. The van der Waals surface area contributed by atoms with Crippen LogP contribution in [0.15, 0.2) is 36.4 Å². The molecule has 0 radical (unpaired) electrons. The van der Waals surface area contributed by atoms with Crippen molar-refractivity contribution in [1.82, 2.24) is 0 Å². The molecule has 2 nitrogen and oxygen atoms in total. The summed E-state index contributed by atoms with van der Waals surface area (Å²) < 4.78 is 6.09.